The van der Waals surface area contributed by atoms with Crippen LogP contribution in [-0.4, -0.2) is 30.5 Å². The molecule has 0 amide bonds. The zero-order chi connectivity index (χ0) is 13.2. The molecule has 0 aromatic rings. The van der Waals surface area contributed by atoms with Crippen LogP contribution in [0.2, 0.25) is 0 Å². The molecular weight excluding hydrogens is 232 g/mol. The van der Waals surface area contributed by atoms with Crippen molar-refractivity contribution in [3.05, 3.63) is 0 Å². The predicted octanol–water partition coefficient (Wildman–Crippen LogP) is 4.47. The van der Waals surface area contributed by atoms with Crippen LogP contribution in [0.4, 0.5) is 8.78 Å². The molecular formula is C15H27F2N. The van der Waals surface area contributed by atoms with Crippen molar-refractivity contribution >= 4 is 0 Å². The van der Waals surface area contributed by atoms with Gasteiger partial charge in [0.2, 0.25) is 0 Å². The quantitative estimate of drug-likeness (QED) is 0.636. The largest absolute Gasteiger partial charge is 0.303 e. The second-order valence-corrected chi connectivity index (χ2v) is 6.43. The summed E-state index contributed by atoms with van der Waals surface area (Å²) in [6.07, 6.45) is 8.72. The molecule has 0 aromatic heterocycles. The third-order valence-electron chi connectivity index (χ3n) is 5.11. The molecule has 0 aliphatic heterocycles. The minimum Gasteiger partial charge on any atom is -0.303 e. The van der Waals surface area contributed by atoms with Gasteiger partial charge in [-0.15, -0.1) is 0 Å². The van der Waals surface area contributed by atoms with Gasteiger partial charge in [0.25, 0.3) is 5.92 Å². The van der Waals surface area contributed by atoms with Crippen molar-refractivity contribution in [3.8, 4) is 0 Å². The third-order valence-corrected chi connectivity index (χ3v) is 5.11. The molecule has 0 unspecified atom stereocenters. The van der Waals surface area contributed by atoms with Gasteiger partial charge >= 0.3 is 0 Å². The normalized spacial score (nSPS) is 34.2. The summed E-state index contributed by atoms with van der Waals surface area (Å²) in [5, 5.41) is 0. The molecule has 0 saturated heterocycles. The fourth-order valence-electron chi connectivity index (χ4n) is 3.49. The summed E-state index contributed by atoms with van der Waals surface area (Å²) in [4.78, 5) is 2.41. The van der Waals surface area contributed by atoms with Crippen LogP contribution >= 0.6 is 0 Å². The number of rotatable bonds is 6. The summed E-state index contributed by atoms with van der Waals surface area (Å²) in [6.45, 7) is 3.36. The second-order valence-electron chi connectivity index (χ2n) is 6.43. The van der Waals surface area contributed by atoms with E-state index < -0.39 is 11.3 Å². The van der Waals surface area contributed by atoms with Gasteiger partial charge in [-0.1, -0.05) is 26.2 Å². The number of nitrogens with zero attached hydrogens (tertiary/aromatic N) is 1. The molecule has 2 fully saturated rings. The maximum Gasteiger partial charge on any atom is 0.254 e. The summed E-state index contributed by atoms with van der Waals surface area (Å²) in [7, 11) is 2.17. The van der Waals surface area contributed by atoms with E-state index in [9.17, 15) is 8.78 Å². The van der Waals surface area contributed by atoms with Crippen molar-refractivity contribution in [3.63, 3.8) is 0 Å². The van der Waals surface area contributed by atoms with Gasteiger partial charge in [0.1, 0.15) is 0 Å². The van der Waals surface area contributed by atoms with Crippen LogP contribution in [0.15, 0.2) is 0 Å². The van der Waals surface area contributed by atoms with E-state index in [1.807, 2.05) is 0 Å². The molecule has 2 aliphatic carbocycles. The first-order chi connectivity index (χ1) is 8.51. The Morgan fingerprint density at radius 2 is 1.72 bits per heavy atom. The average Bonchev–Trinajstić information content (AvgIpc) is 2.86. The highest BCUT2D eigenvalue weighted by Crippen LogP contribution is 2.67. The molecule has 0 radical (unpaired) electrons. The van der Waals surface area contributed by atoms with Crippen LogP contribution in [-0.2, 0) is 0 Å². The van der Waals surface area contributed by atoms with Crippen LogP contribution in [0.3, 0.4) is 0 Å². The van der Waals surface area contributed by atoms with Crippen LogP contribution in [0.5, 0.6) is 0 Å². The Morgan fingerprint density at radius 3 is 2.22 bits per heavy atom. The van der Waals surface area contributed by atoms with Crippen LogP contribution in [0.25, 0.3) is 0 Å². The molecule has 2 aliphatic rings. The average molecular weight is 259 g/mol. The van der Waals surface area contributed by atoms with E-state index in [0.29, 0.717) is 6.04 Å². The lowest BCUT2D eigenvalue weighted by Crippen LogP contribution is -2.37. The van der Waals surface area contributed by atoms with Gasteiger partial charge < -0.3 is 4.90 Å². The van der Waals surface area contributed by atoms with E-state index in [4.69, 9.17) is 0 Å². The second kappa shape index (κ2) is 5.44. The van der Waals surface area contributed by atoms with Crippen molar-refractivity contribution < 1.29 is 8.78 Å². The first-order valence-electron chi connectivity index (χ1n) is 7.59. The Labute approximate surface area is 110 Å². The lowest BCUT2D eigenvalue weighted by Gasteiger charge is -2.35. The minimum absolute atomic E-state index is 0.160. The Bertz CT molecular complexity index is 270. The number of alkyl halides is 2. The summed E-state index contributed by atoms with van der Waals surface area (Å²) in [5.74, 6) is -2.34. The van der Waals surface area contributed by atoms with Gasteiger partial charge in [0.15, 0.2) is 0 Å². The highest BCUT2D eigenvalue weighted by Gasteiger charge is 2.70. The molecule has 0 atom stereocenters. The van der Waals surface area contributed by atoms with E-state index in [1.54, 1.807) is 0 Å². The highest BCUT2D eigenvalue weighted by atomic mass is 19.3. The molecule has 0 N–H and O–H groups in total. The van der Waals surface area contributed by atoms with E-state index in [1.165, 1.54) is 25.7 Å². The molecule has 1 nitrogen and oxygen atoms in total. The van der Waals surface area contributed by atoms with Crippen LogP contribution < -0.4 is 0 Å². The SMILES string of the molecule is CCCCCCN(C)C1CCC2(CC1)CC2(F)F. The molecule has 0 bridgehead atoms. The van der Waals surface area contributed by atoms with E-state index in [-0.39, 0.29) is 6.42 Å². The third kappa shape index (κ3) is 2.87. The summed E-state index contributed by atoms with van der Waals surface area (Å²) >= 11 is 0. The molecule has 106 valence electrons. The van der Waals surface area contributed by atoms with Crippen molar-refractivity contribution in [2.24, 2.45) is 5.41 Å². The Morgan fingerprint density at radius 1 is 1.11 bits per heavy atom. The summed E-state index contributed by atoms with van der Waals surface area (Å²) in [6, 6.07) is 0.550. The van der Waals surface area contributed by atoms with E-state index in [2.05, 4.69) is 18.9 Å². The first-order valence-corrected chi connectivity index (χ1v) is 7.59. The van der Waals surface area contributed by atoms with Gasteiger partial charge in [0, 0.05) is 17.9 Å². The minimum atomic E-state index is -2.34. The smallest absolute Gasteiger partial charge is 0.254 e. The number of hydrogen-bond donors (Lipinski definition) is 0. The molecule has 2 saturated carbocycles. The van der Waals surface area contributed by atoms with Gasteiger partial charge in [-0.05, 0) is 45.7 Å². The lowest BCUT2D eigenvalue weighted by molar-refractivity contribution is 0.0334. The standard InChI is InChI=1S/C15H27F2N/c1-3-4-5-6-11-18(2)13-7-9-14(10-8-13)12-15(14,16)17/h13H,3-12H2,1-2H3. The number of hydrogen-bond acceptors (Lipinski definition) is 1. The van der Waals surface area contributed by atoms with Gasteiger partial charge in [-0.3, -0.25) is 0 Å². The molecule has 3 heteroatoms. The van der Waals surface area contributed by atoms with Gasteiger partial charge in [0.05, 0.1) is 0 Å². The van der Waals surface area contributed by atoms with E-state index in [0.717, 1.165) is 32.2 Å². The molecule has 0 aromatic carbocycles. The van der Waals surface area contributed by atoms with Crippen LogP contribution in [0.1, 0.15) is 64.7 Å². The zero-order valence-electron chi connectivity index (χ0n) is 11.9. The van der Waals surface area contributed by atoms with Crippen molar-refractivity contribution in [1.29, 1.82) is 0 Å². The zero-order valence-corrected chi connectivity index (χ0v) is 11.9. The monoisotopic (exact) mass is 259 g/mol. The fourth-order valence-corrected chi connectivity index (χ4v) is 3.49. The fraction of sp³-hybridized carbons (Fsp3) is 1.00. The summed E-state index contributed by atoms with van der Waals surface area (Å²) in [5.41, 5.74) is -0.577. The molecule has 2 rings (SSSR count). The van der Waals surface area contributed by atoms with Crippen molar-refractivity contribution in [1.82, 2.24) is 4.90 Å². The number of unbranched alkanes of at least 4 members (excludes halogenated alkanes) is 3. The molecule has 0 heterocycles. The van der Waals surface area contributed by atoms with Gasteiger partial charge in [-0.25, -0.2) is 8.78 Å². The Kier molecular flexibility index (Phi) is 4.30. The summed E-state index contributed by atoms with van der Waals surface area (Å²) < 4.78 is 26.5. The maximum absolute atomic E-state index is 13.3. The van der Waals surface area contributed by atoms with Crippen LogP contribution in [0, 0.1) is 5.41 Å². The highest BCUT2D eigenvalue weighted by molar-refractivity contribution is 5.12. The van der Waals surface area contributed by atoms with E-state index >= 15 is 0 Å². The number of halogens is 2. The maximum atomic E-state index is 13.3. The predicted molar refractivity (Wildman–Crippen MR) is 71.0 cm³/mol. The first kappa shape index (κ1) is 14.2. The lowest BCUT2D eigenvalue weighted by atomic mass is 9.82. The van der Waals surface area contributed by atoms with Crippen molar-refractivity contribution in [2.45, 2.75) is 76.7 Å². The Hall–Kier alpha value is -0.180. The Balaban J connectivity index is 1.67. The molecule has 1 spiro atoms. The van der Waals surface area contributed by atoms with Gasteiger partial charge in [-0.2, -0.15) is 0 Å². The molecule has 18 heavy (non-hydrogen) atoms. The topological polar surface area (TPSA) is 3.24 Å². The van der Waals surface area contributed by atoms with Crippen molar-refractivity contribution in [2.75, 3.05) is 13.6 Å².